The Bertz CT molecular complexity index is 596. The molecule has 126 valence electrons. The van der Waals surface area contributed by atoms with Gasteiger partial charge in [-0.15, -0.1) is 0 Å². The van der Waals surface area contributed by atoms with E-state index in [9.17, 15) is 9.59 Å². The zero-order valence-electron chi connectivity index (χ0n) is 13.5. The van der Waals surface area contributed by atoms with E-state index in [2.05, 4.69) is 42.5 Å². The van der Waals surface area contributed by atoms with Crippen molar-refractivity contribution >= 4 is 49.4 Å². The number of amides is 2. The molecule has 2 N–H and O–H groups in total. The van der Waals surface area contributed by atoms with Crippen LogP contribution in [-0.2, 0) is 9.59 Å². The number of rotatable bonds is 4. The van der Waals surface area contributed by atoms with Gasteiger partial charge in [-0.3, -0.25) is 14.5 Å². The molecular formula is C16H21Br2N3O2. The molecule has 23 heavy (non-hydrogen) atoms. The second-order valence-corrected chi connectivity index (χ2v) is 7.81. The highest BCUT2D eigenvalue weighted by Gasteiger charge is 2.33. The van der Waals surface area contributed by atoms with E-state index in [0.29, 0.717) is 18.8 Å². The monoisotopic (exact) mass is 445 g/mol. The van der Waals surface area contributed by atoms with Crippen molar-refractivity contribution in [3.8, 4) is 0 Å². The first kappa shape index (κ1) is 18.4. The lowest BCUT2D eigenvalue weighted by molar-refractivity contribution is -0.132. The summed E-state index contributed by atoms with van der Waals surface area (Å²) < 4.78 is 1.66. The summed E-state index contributed by atoms with van der Waals surface area (Å²) in [7, 11) is 0. The van der Waals surface area contributed by atoms with Crippen LogP contribution in [0.1, 0.15) is 19.4 Å². The molecule has 2 amide bonds. The highest BCUT2D eigenvalue weighted by molar-refractivity contribution is 9.11. The van der Waals surface area contributed by atoms with Gasteiger partial charge < -0.3 is 10.6 Å². The zero-order valence-corrected chi connectivity index (χ0v) is 16.6. The molecule has 1 aromatic rings. The summed E-state index contributed by atoms with van der Waals surface area (Å²) in [6.45, 7) is 7.43. The van der Waals surface area contributed by atoms with Gasteiger partial charge in [0, 0.05) is 22.0 Å². The van der Waals surface area contributed by atoms with Crippen LogP contribution in [0, 0.1) is 12.8 Å². The SMILES string of the molecule is Cc1cc(Br)c(NC(=O)CN2CCNC(=O)C2C(C)C)c(Br)c1. The largest absolute Gasteiger partial charge is 0.353 e. The Hall–Kier alpha value is -0.920. The van der Waals surface area contributed by atoms with Crippen LogP contribution in [0.2, 0.25) is 0 Å². The number of benzene rings is 1. The van der Waals surface area contributed by atoms with E-state index in [0.717, 1.165) is 14.5 Å². The van der Waals surface area contributed by atoms with Crippen LogP contribution in [0.3, 0.4) is 0 Å². The van der Waals surface area contributed by atoms with E-state index >= 15 is 0 Å². The average molecular weight is 447 g/mol. The molecule has 1 aliphatic rings. The van der Waals surface area contributed by atoms with Crippen molar-refractivity contribution in [3.05, 3.63) is 26.6 Å². The molecule has 0 radical (unpaired) electrons. The van der Waals surface area contributed by atoms with Crippen LogP contribution in [0.15, 0.2) is 21.1 Å². The number of anilines is 1. The summed E-state index contributed by atoms with van der Waals surface area (Å²) in [6.07, 6.45) is 0. The zero-order chi connectivity index (χ0) is 17.1. The van der Waals surface area contributed by atoms with Gasteiger partial charge in [-0.05, 0) is 62.4 Å². The summed E-state index contributed by atoms with van der Waals surface area (Å²) in [5.41, 5.74) is 1.80. The van der Waals surface area contributed by atoms with Gasteiger partial charge in [0.2, 0.25) is 11.8 Å². The Balaban J connectivity index is 2.08. The normalized spacial score (nSPS) is 18.9. The molecule has 5 nitrogen and oxygen atoms in total. The molecule has 7 heteroatoms. The quantitative estimate of drug-likeness (QED) is 0.747. The Labute approximate surface area is 153 Å². The Kier molecular flexibility index (Phi) is 6.22. The topological polar surface area (TPSA) is 61.4 Å². The van der Waals surface area contributed by atoms with Crippen molar-refractivity contribution in [3.63, 3.8) is 0 Å². The maximum absolute atomic E-state index is 12.4. The summed E-state index contributed by atoms with van der Waals surface area (Å²) >= 11 is 6.95. The van der Waals surface area contributed by atoms with Gasteiger partial charge in [-0.1, -0.05) is 13.8 Å². The van der Waals surface area contributed by atoms with E-state index in [1.54, 1.807) is 0 Å². The fourth-order valence-electron chi connectivity index (χ4n) is 2.82. The second kappa shape index (κ2) is 7.77. The minimum absolute atomic E-state index is 0.00301. The molecule has 0 spiro atoms. The van der Waals surface area contributed by atoms with Gasteiger partial charge in [0.1, 0.15) is 0 Å². The minimum atomic E-state index is -0.264. The molecule has 1 atom stereocenters. The molecule has 1 unspecified atom stereocenters. The number of aryl methyl sites for hydroxylation is 1. The first-order valence-electron chi connectivity index (χ1n) is 7.57. The van der Waals surface area contributed by atoms with Crippen molar-refractivity contribution in [2.24, 2.45) is 5.92 Å². The first-order chi connectivity index (χ1) is 10.8. The Morgan fingerprint density at radius 2 is 2.00 bits per heavy atom. The van der Waals surface area contributed by atoms with E-state index < -0.39 is 0 Å². The predicted molar refractivity (Wildman–Crippen MR) is 98.4 cm³/mol. The van der Waals surface area contributed by atoms with Gasteiger partial charge in [0.15, 0.2) is 0 Å². The maximum Gasteiger partial charge on any atom is 0.238 e. The highest BCUT2D eigenvalue weighted by Crippen LogP contribution is 2.32. The molecule has 1 aliphatic heterocycles. The number of halogens is 2. The predicted octanol–water partition coefficient (Wildman–Crippen LogP) is 2.91. The summed E-state index contributed by atoms with van der Waals surface area (Å²) in [6, 6.07) is 3.64. The van der Waals surface area contributed by atoms with Crippen LogP contribution in [0.25, 0.3) is 0 Å². The average Bonchev–Trinajstić information content (AvgIpc) is 2.42. The first-order valence-corrected chi connectivity index (χ1v) is 9.15. The summed E-state index contributed by atoms with van der Waals surface area (Å²) in [4.78, 5) is 26.4. The number of carbonyl (C=O) groups is 2. The Morgan fingerprint density at radius 3 is 2.57 bits per heavy atom. The van der Waals surface area contributed by atoms with Crippen LogP contribution in [0.4, 0.5) is 5.69 Å². The Morgan fingerprint density at radius 1 is 1.39 bits per heavy atom. The van der Waals surface area contributed by atoms with E-state index in [1.807, 2.05) is 37.8 Å². The number of carbonyl (C=O) groups excluding carboxylic acids is 2. The van der Waals surface area contributed by atoms with Crippen molar-refractivity contribution in [1.29, 1.82) is 0 Å². The molecule has 1 fully saturated rings. The van der Waals surface area contributed by atoms with Crippen molar-refractivity contribution in [1.82, 2.24) is 10.2 Å². The number of hydrogen-bond acceptors (Lipinski definition) is 3. The number of nitrogens with one attached hydrogen (secondary N) is 2. The molecule has 0 bridgehead atoms. The highest BCUT2D eigenvalue weighted by atomic mass is 79.9. The smallest absolute Gasteiger partial charge is 0.238 e. The van der Waals surface area contributed by atoms with Crippen LogP contribution in [-0.4, -0.2) is 42.4 Å². The lowest BCUT2D eigenvalue weighted by atomic mass is 9.99. The fraction of sp³-hybridized carbons (Fsp3) is 0.500. The molecule has 2 rings (SSSR count). The van der Waals surface area contributed by atoms with Crippen LogP contribution < -0.4 is 10.6 Å². The molecule has 1 saturated heterocycles. The third-order valence-electron chi connectivity index (χ3n) is 3.79. The summed E-state index contributed by atoms with van der Waals surface area (Å²) in [5, 5.41) is 5.78. The lowest BCUT2D eigenvalue weighted by Crippen LogP contribution is -2.58. The molecule has 0 aliphatic carbocycles. The van der Waals surface area contributed by atoms with Gasteiger partial charge in [0.25, 0.3) is 0 Å². The van der Waals surface area contributed by atoms with Crippen molar-refractivity contribution < 1.29 is 9.59 Å². The van der Waals surface area contributed by atoms with Gasteiger partial charge in [-0.25, -0.2) is 0 Å². The number of piperazine rings is 1. The molecular weight excluding hydrogens is 426 g/mol. The van der Waals surface area contributed by atoms with E-state index in [4.69, 9.17) is 0 Å². The number of hydrogen-bond donors (Lipinski definition) is 2. The number of nitrogens with zero attached hydrogens (tertiary/aromatic N) is 1. The van der Waals surface area contributed by atoms with Crippen molar-refractivity contribution in [2.45, 2.75) is 26.8 Å². The second-order valence-electron chi connectivity index (χ2n) is 6.10. The van der Waals surface area contributed by atoms with Crippen LogP contribution in [0.5, 0.6) is 0 Å². The van der Waals surface area contributed by atoms with Gasteiger partial charge in [-0.2, -0.15) is 0 Å². The third-order valence-corrected chi connectivity index (χ3v) is 5.04. The molecule has 1 heterocycles. The minimum Gasteiger partial charge on any atom is -0.353 e. The maximum atomic E-state index is 12.4. The summed E-state index contributed by atoms with van der Waals surface area (Å²) in [5.74, 6) is 0.0216. The van der Waals surface area contributed by atoms with Gasteiger partial charge >= 0.3 is 0 Å². The fourth-order valence-corrected chi connectivity index (χ4v) is 4.43. The van der Waals surface area contributed by atoms with E-state index in [1.165, 1.54) is 0 Å². The molecule has 1 aromatic carbocycles. The van der Waals surface area contributed by atoms with E-state index in [-0.39, 0.29) is 30.3 Å². The van der Waals surface area contributed by atoms with Crippen molar-refractivity contribution in [2.75, 3.05) is 25.0 Å². The third kappa shape index (κ3) is 4.55. The van der Waals surface area contributed by atoms with Gasteiger partial charge in [0.05, 0.1) is 18.3 Å². The lowest BCUT2D eigenvalue weighted by Gasteiger charge is -2.36. The molecule has 0 saturated carbocycles. The van der Waals surface area contributed by atoms with Crippen LogP contribution >= 0.6 is 31.9 Å². The standard InChI is InChI=1S/C16H21Br2N3O2/c1-9(2)15-16(23)19-4-5-21(15)8-13(22)20-14-11(17)6-10(3)7-12(14)18/h6-7,9,15H,4-5,8H2,1-3H3,(H,19,23)(H,20,22). The molecule has 0 aromatic heterocycles.